The second kappa shape index (κ2) is 16.6. The van der Waals surface area contributed by atoms with E-state index in [2.05, 4.69) is 10.6 Å². The summed E-state index contributed by atoms with van der Waals surface area (Å²) in [5.74, 6) is -2.29. The van der Waals surface area contributed by atoms with Crippen molar-refractivity contribution in [1.29, 1.82) is 0 Å². The number of aliphatic hydroxyl groups is 1. The number of amides is 2. The molecule has 250 valence electrons. The monoisotopic (exact) mass is 658 g/mol. The van der Waals surface area contributed by atoms with E-state index in [-0.39, 0.29) is 36.5 Å². The number of benzene rings is 3. The molecule has 0 radical (unpaired) electrons. The van der Waals surface area contributed by atoms with Crippen LogP contribution in [0.5, 0.6) is 0 Å². The smallest absolute Gasteiger partial charge is 0.253 e. The van der Waals surface area contributed by atoms with Crippen LogP contribution in [-0.2, 0) is 23.0 Å². The van der Waals surface area contributed by atoms with E-state index in [0.29, 0.717) is 29.9 Å². The molecule has 9 nitrogen and oxygen atoms in total. The third-order valence-corrected chi connectivity index (χ3v) is 8.68. The van der Waals surface area contributed by atoms with Crippen LogP contribution in [-0.4, -0.2) is 75.3 Å². The lowest BCUT2D eigenvalue weighted by atomic mass is 9.99. The number of carbonyl (C=O) groups excluding carboxylic acids is 2. The number of halogens is 2. The Labute approximate surface area is 270 Å². The average Bonchev–Trinajstić information content (AvgIpc) is 2.98. The largest absolute Gasteiger partial charge is 0.390 e. The van der Waals surface area contributed by atoms with Crippen LogP contribution in [0.25, 0.3) is 0 Å². The van der Waals surface area contributed by atoms with E-state index in [1.165, 1.54) is 13.1 Å². The molecule has 0 aliphatic heterocycles. The minimum absolute atomic E-state index is 0.00453. The normalized spacial score (nSPS) is 12.8. The molecule has 0 saturated carbocycles. The highest BCUT2D eigenvalue weighted by atomic mass is 32.2. The zero-order chi connectivity index (χ0) is 34.0. The van der Waals surface area contributed by atoms with E-state index < -0.39 is 39.7 Å². The Morgan fingerprint density at radius 1 is 0.913 bits per heavy atom. The van der Waals surface area contributed by atoms with Crippen LogP contribution >= 0.6 is 0 Å². The molecule has 0 fully saturated rings. The summed E-state index contributed by atoms with van der Waals surface area (Å²) in [5.41, 5.74) is 2.78. The summed E-state index contributed by atoms with van der Waals surface area (Å²) in [7, 11) is -2.00. The van der Waals surface area contributed by atoms with Gasteiger partial charge in [-0.3, -0.25) is 13.9 Å². The van der Waals surface area contributed by atoms with Crippen LogP contribution in [0.1, 0.15) is 64.1 Å². The van der Waals surface area contributed by atoms with Gasteiger partial charge >= 0.3 is 0 Å². The first kappa shape index (κ1) is 36.6. The molecule has 0 aromatic heterocycles. The van der Waals surface area contributed by atoms with Crippen molar-refractivity contribution in [2.45, 2.75) is 58.7 Å². The number of hydrogen-bond donors (Lipinski definition) is 3. The molecule has 3 N–H and O–H groups in total. The van der Waals surface area contributed by atoms with Gasteiger partial charge < -0.3 is 20.6 Å². The minimum atomic E-state index is -3.45. The summed E-state index contributed by atoms with van der Waals surface area (Å²) < 4.78 is 53.1. The third kappa shape index (κ3) is 10.6. The number of rotatable bonds is 16. The predicted octanol–water partition coefficient (Wildman–Crippen LogP) is 4.42. The zero-order valence-electron chi connectivity index (χ0n) is 27.0. The van der Waals surface area contributed by atoms with E-state index >= 15 is 0 Å². The van der Waals surface area contributed by atoms with Crippen LogP contribution < -0.4 is 14.9 Å². The second-order valence-corrected chi connectivity index (χ2v) is 13.6. The van der Waals surface area contributed by atoms with Gasteiger partial charge in [0.15, 0.2) is 0 Å². The number of nitrogens with zero attached hydrogens (tertiary/aromatic N) is 2. The highest BCUT2D eigenvalue weighted by molar-refractivity contribution is 7.92. The zero-order valence-corrected chi connectivity index (χ0v) is 27.8. The first-order valence-corrected chi connectivity index (χ1v) is 17.1. The average molecular weight is 659 g/mol. The van der Waals surface area contributed by atoms with Crippen molar-refractivity contribution >= 4 is 27.5 Å². The molecule has 12 heteroatoms. The standard InChI is InChI=1S/C34H44F2N4O5S/c1-6-11-40(12-7-2)34(43)27-14-23(3)13-26(19-27)33(42)38-31(18-25-15-28(35)20-29(36)16-25)32(41)22-37-21-24-9-8-10-30(17-24)39(4)46(5,44)45/h8-10,13-17,19-20,31-32,37,41H,6-7,11-12,18,21-22H2,1-5H3,(H,38,42)/t31-,32+/m0/s1. The maximum Gasteiger partial charge on any atom is 0.253 e. The Kier molecular flexibility index (Phi) is 13.2. The van der Waals surface area contributed by atoms with Crippen molar-refractivity contribution in [3.63, 3.8) is 0 Å². The number of carbonyl (C=O) groups is 2. The first-order chi connectivity index (χ1) is 21.7. The van der Waals surface area contributed by atoms with Crippen molar-refractivity contribution in [2.24, 2.45) is 0 Å². The van der Waals surface area contributed by atoms with E-state index in [1.807, 2.05) is 13.8 Å². The summed E-state index contributed by atoms with van der Waals surface area (Å²) in [5, 5.41) is 17.1. The number of anilines is 1. The Hall–Kier alpha value is -3.87. The van der Waals surface area contributed by atoms with Gasteiger partial charge in [-0.15, -0.1) is 0 Å². The Bertz CT molecular complexity index is 1590. The van der Waals surface area contributed by atoms with Crippen molar-refractivity contribution < 1.29 is 31.9 Å². The summed E-state index contributed by atoms with van der Waals surface area (Å²) in [6.45, 7) is 7.21. The molecule has 46 heavy (non-hydrogen) atoms. The van der Waals surface area contributed by atoms with Crippen LogP contribution in [0.4, 0.5) is 14.5 Å². The molecule has 0 aliphatic carbocycles. The maximum absolute atomic E-state index is 14.0. The maximum atomic E-state index is 14.0. The number of nitrogens with one attached hydrogen (secondary N) is 2. The number of hydrogen-bond acceptors (Lipinski definition) is 6. The number of aryl methyl sites for hydroxylation is 1. The molecule has 2 atom stereocenters. The molecular formula is C34H44F2N4O5S. The Morgan fingerprint density at radius 2 is 1.54 bits per heavy atom. The number of sulfonamides is 1. The molecule has 0 unspecified atom stereocenters. The summed E-state index contributed by atoms with van der Waals surface area (Å²) in [6.07, 6.45) is 1.43. The number of aliphatic hydroxyl groups excluding tert-OH is 1. The fraction of sp³-hybridized carbons (Fsp3) is 0.412. The van der Waals surface area contributed by atoms with Gasteiger partial charge in [0, 0.05) is 50.4 Å². The fourth-order valence-electron chi connectivity index (χ4n) is 5.15. The van der Waals surface area contributed by atoms with E-state index in [4.69, 9.17) is 0 Å². The van der Waals surface area contributed by atoms with Crippen molar-refractivity contribution in [3.8, 4) is 0 Å². The van der Waals surface area contributed by atoms with Crippen LogP contribution in [0.15, 0.2) is 60.7 Å². The van der Waals surface area contributed by atoms with Gasteiger partial charge in [0.25, 0.3) is 11.8 Å². The molecule has 3 aromatic rings. The molecule has 3 rings (SSSR count). The second-order valence-electron chi connectivity index (χ2n) is 11.5. The van der Waals surface area contributed by atoms with Gasteiger partial charge in [0.05, 0.1) is 24.1 Å². The van der Waals surface area contributed by atoms with Gasteiger partial charge in [-0.05, 0) is 85.3 Å². The Balaban J connectivity index is 1.81. The molecular weight excluding hydrogens is 614 g/mol. The van der Waals surface area contributed by atoms with Gasteiger partial charge in [0.2, 0.25) is 10.0 Å². The molecule has 0 spiro atoms. The topological polar surface area (TPSA) is 119 Å². The summed E-state index contributed by atoms with van der Waals surface area (Å²) in [6, 6.07) is 13.8. The lowest BCUT2D eigenvalue weighted by Crippen LogP contribution is -2.48. The van der Waals surface area contributed by atoms with Gasteiger partial charge in [0.1, 0.15) is 11.6 Å². The van der Waals surface area contributed by atoms with Crippen molar-refractivity contribution in [2.75, 3.05) is 37.2 Å². The molecule has 0 aliphatic rings. The Morgan fingerprint density at radius 3 is 2.15 bits per heavy atom. The molecule has 2 amide bonds. The van der Waals surface area contributed by atoms with Crippen LogP contribution in [0, 0.1) is 18.6 Å². The van der Waals surface area contributed by atoms with Gasteiger partial charge in [-0.1, -0.05) is 26.0 Å². The van der Waals surface area contributed by atoms with Crippen molar-refractivity contribution in [1.82, 2.24) is 15.5 Å². The van der Waals surface area contributed by atoms with Crippen molar-refractivity contribution in [3.05, 3.63) is 100 Å². The van der Waals surface area contributed by atoms with E-state index in [1.54, 1.807) is 48.2 Å². The highest BCUT2D eigenvalue weighted by Crippen LogP contribution is 2.18. The van der Waals surface area contributed by atoms with Gasteiger partial charge in [-0.2, -0.15) is 0 Å². The first-order valence-electron chi connectivity index (χ1n) is 15.3. The highest BCUT2D eigenvalue weighted by Gasteiger charge is 2.24. The summed E-state index contributed by atoms with van der Waals surface area (Å²) >= 11 is 0. The lowest BCUT2D eigenvalue weighted by Gasteiger charge is -2.26. The predicted molar refractivity (Wildman–Crippen MR) is 176 cm³/mol. The molecule has 0 heterocycles. The quantitative estimate of drug-likeness (QED) is 0.210. The van der Waals surface area contributed by atoms with Crippen LogP contribution in [0.3, 0.4) is 0 Å². The van der Waals surface area contributed by atoms with E-state index in [0.717, 1.165) is 47.2 Å². The van der Waals surface area contributed by atoms with Crippen LogP contribution in [0.2, 0.25) is 0 Å². The minimum Gasteiger partial charge on any atom is -0.390 e. The van der Waals surface area contributed by atoms with Gasteiger partial charge in [-0.25, -0.2) is 17.2 Å². The molecule has 0 saturated heterocycles. The molecule has 0 bridgehead atoms. The van der Waals surface area contributed by atoms with E-state index in [9.17, 15) is 31.9 Å². The summed E-state index contributed by atoms with van der Waals surface area (Å²) in [4.78, 5) is 28.6. The fourth-order valence-corrected chi connectivity index (χ4v) is 5.65. The molecule has 3 aromatic carbocycles. The third-order valence-electron chi connectivity index (χ3n) is 7.47. The SMILES string of the molecule is CCCN(CCC)C(=O)c1cc(C)cc(C(=O)N[C@@H](Cc2cc(F)cc(F)c2)[C@H](O)CNCc2cccc(N(C)S(C)(=O)=O)c2)c1. The lowest BCUT2D eigenvalue weighted by molar-refractivity contribution is 0.0755.